The van der Waals surface area contributed by atoms with Crippen molar-refractivity contribution >= 4 is 0 Å². The average Bonchev–Trinajstić information content (AvgIpc) is 2.47. The minimum absolute atomic E-state index is 0.276. The Bertz CT molecular complexity index is 418. The van der Waals surface area contributed by atoms with Gasteiger partial charge in [-0.3, -0.25) is 0 Å². The Kier molecular flexibility index (Phi) is 5.48. The minimum Gasteiger partial charge on any atom is -0.388 e. The van der Waals surface area contributed by atoms with E-state index in [-0.39, 0.29) is 6.10 Å². The molecular weight excluding hydrogens is 256 g/mol. The van der Waals surface area contributed by atoms with Gasteiger partial charge in [0.1, 0.15) is 0 Å². The first-order chi connectivity index (χ1) is 9.91. The molecule has 0 aromatic heterocycles. The maximum Gasteiger partial charge on any atom is 0.0818 e. The summed E-state index contributed by atoms with van der Waals surface area (Å²) in [5, 5.41) is 10.7. The van der Waals surface area contributed by atoms with Crippen molar-refractivity contribution in [1.82, 2.24) is 0 Å². The minimum atomic E-state index is -0.276. The highest BCUT2D eigenvalue weighted by Crippen LogP contribution is 2.43. The van der Waals surface area contributed by atoms with E-state index in [1.807, 2.05) is 0 Å². The maximum atomic E-state index is 10.7. The molecule has 1 saturated carbocycles. The SMILES string of the molecule is CCCc1ccc(C(O)C2CCC(C(C)(C)C)CC2)cc1. The van der Waals surface area contributed by atoms with Gasteiger partial charge in [0.2, 0.25) is 0 Å². The van der Waals surface area contributed by atoms with Crippen LogP contribution >= 0.6 is 0 Å². The van der Waals surface area contributed by atoms with Crippen LogP contribution in [0.2, 0.25) is 0 Å². The molecule has 0 heterocycles. The molecule has 1 aliphatic rings. The van der Waals surface area contributed by atoms with E-state index in [0.29, 0.717) is 11.3 Å². The van der Waals surface area contributed by atoms with Gasteiger partial charge in [0.05, 0.1) is 6.10 Å². The van der Waals surface area contributed by atoms with Gasteiger partial charge in [-0.15, -0.1) is 0 Å². The van der Waals surface area contributed by atoms with Crippen LogP contribution in [0.15, 0.2) is 24.3 Å². The number of hydrogen-bond acceptors (Lipinski definition) is 1. The van der Waals surface area contributed by atoms with Crippen LogP contribution in [-0.2, 0) is 6.42 Å². The number of benzene rings is 1. The number of rotatable bonds is 4. The maximum absolute atomic E-state index is 10.7. The fourth-order valence-corrected chi connectivity index (χ4v) is 3.74. The lowest BCUT2D eigenvalue weighted by atomic mass is 9.68. The van der Waals surface area contributed by atoms with Crippen molar-refractivity contribution < 1.29 is 5.11 Å². The van der Waals surface area contributed by atoms with E-state index in [1.165, 1.54) is 37.7 Å². The van der Waals surface area contributed by atoms with E-state index in [9.17, 15) is 5.11 Å². The fourth-order valence-electron chi connectivity index (χ4n) is 3.74. The van der Waals surface area contributed by atoms with Gasteiger partial charge < -0.3 is 5.11 Å². The van der Waals surface area contributed by atoms with Gasteiger partial charge in [-0.05, 0) is 60.5 Å². The molecule has 2 rings (SSSR count). The van der Waals surface area contributed by atoms with Gasteiger partial charge >= 0.3 is 0 Å². The number of hydrogen-bond donors (Lipinski definition) is 1. The third kappa shape index (κ3) is 4.32. The lowest BCUT2D eigenvalue weighted by Crippen LogP contribution is -2.28. The van der Waals surface area contributed by atoms with E-state index < -0.39 is 0 Å². The van der Waals surface area contributed by atoms with Crippen LogP contribution in [-0.4, -0.2) is 5.11 Å². The zero-order valence-electron chi connectivity index (χ0n) is 14.2. The molecule has 1 nitrogen and oxygen atoms in total. The lowest BCUT2D eigenvalue weighted by Gasteiger charge is -2.38. The van der Waals surface area contributed by atoms with Crippen molar-refractivity contribution in [2.45, 2.75) is 72.3 Å². The first-order valence-corrected chi connectivity index (χ1v) is 8.68. The molecule has 1 aromatic carbocycles. The third-order valence-electron chi connectivity index (χ3n) is 5.30. The second-order valence-electron chi connectivity index (χ2n) is 7.91. The molecular formula is C20H32O. The Balaban J connectivity index is 1.93. The van der Waals surface area contributed by atoms with Crippen LogP contribution in [0.3, 0.4) is 0 Å². The number of aliphatic hydroxyl groups excluding tert-OH is 1. The molecule has 1 aliphatic carbocycles. The molecule has 118 valence electrons. The zero-order valence-corrected chi connectivity index (χ0v) is 14.2. The highest BCUT2D eigenvalue weighted by molar-refractivity contribution is 5.24. The summed E-state index contributed by atoms with van der Waals surface area (Å²) in [5.74, 6) is 1.26. The van der Waals surface area contributed by atoms with Crippen LogP contribution in [0.1, 0.15) is 77.0 Å². The monoisotopic (exact) mass is 288 g/mol. The highest BCUT2D eigenvalue weighted by atomic mass is 16.3. The summed E-state index contributed by atoms with van der Waals surface area (Å²) in [5.41, 5.74) is 2.90. The zero-order chi connectivity index (χ0) is 15.5. The third-order valence-corrected chi connectivity index (χ3v) is 5.30. The predicted octanol–water partition coefficient (Wildman–Crippen LogP) is 5.53. The lowest BCUT2D eigenvalue weighted by molar-refractivity contribution is 0.0528. The molecule has 0 saturated heterocycles. The molecule has 1 N–H and O–H groups in total. The molecule has 1 fully saturated rings. The summed E-state index contributed by atoms with van der Waals surface area (Å²) in [4.78, 5) is 0. The fraction of sp³-hybridized carbons (Fsp3) is 0.700. The largest absolute Gasteiger partial charge is 0.388 e. The van der Waals surface area contributed by atoms with E-state index in [0.717, 1.165) is 17.9 Å². The summed E-state index contributed by atoms with van der Waals surface area (Å²) < 4.78 is 0. The predicted molar refractivity (Wildman–Crippen MR) is 90.3 cm³/mol. The number of aryl methyl sites for hydroxylation is 1. The van der Waals surface area contributed by atoms with Gasteiger partial charge in [-0.2, -0.15) is 0 Å². The molecule has 1 aromatic rings. The van der Waals surface area contributed by atoms with Gasteiger partial charge in [0, 0.05) is 0 Å². The van der Waals surface area contributed by atoms with Gasteiger partial charge in [-0.25, -0.2) is 0 Å². The summed E-state index contributed by atoms with van der Waals surface area (Å²) >= 11 is 0. The Morgan fingerprint density at radius 1 is 1.05 bits per heavy atom. The van der Waals surface area contributed by atoms with E-state index in [2.05, 4.69) is 52.0 Å². The van der Waals surface area contributed by atoms with Crippen molar-refractivity contribution in [3.63, 3.8) is 0 Å². The van der Waals surface area contributed by atoms with Crippen molar-refractivity contribution in [1.29, 1.82) is 0 Å². The summed E-state index contributed by atoms with van der Waals surface area (Å²) in [6.45, 7) is 9.25. The molecule has 0 spiro atoms. The van der Waals surface area contributed by atoms with E-state index >= 15 is 0 Å². The quantitative estimate of drug-likeness (QED) is 0.773. The van der Waals surface area contributed by atoms with Crippen LogP contribution in [0.25, 0.3) is 0 Å². The van der Waals surface area contributed by atoms with Crippen molar-refractivity contribution in [3.05, 3.63) is 35.4 Å². The molecule has 1 unspecified atom stereocenters. The molecule has 0 amide bonds. The van der Waals surface area contributed by atoms with Crippen molar-refractivity contribution in [3.8, 4) is 0 Å². The molecule has 0 aliphatic heterocycles. The Labute approximate surface area is 130 Å². The summed E-state index contributed by atoms with van der Waals surface area (Å²) in [6.07, 6.45) is 6.89. The van der Waals surface area contributed by atoms with Crippen LogP contribution < -0.4 is 0 Å². The van der Waals surface area contributed by atoms with Crippen LogP contribution in [0.5, 0.6) is 0 Å². The Hall–Kier alpha value is -0.820. The topological polar surface area (TPSA) is 20.2 Å². The second kappa shape index (κ2) is 6.96. The van der Waals surface area contributed by atoms with Crippen LogP contribution in [0.4, 0.5) is 0 Å². The molecule has 0 bridgehead atoms. The summed E-state index contributed by atoms with van der Waals surface area (Å²) in [7, 11) is 0. The van der Waals surface area contributed by atoms with Crippen LogP contribution in [0, 0.1) is 17.3 Å². The first kappa shape index (κ1) is 16.5. The van der Waals surface area contributed by atoms with E-state index in [1.54, 1.807) is 0 Å². The second-order valence-corrected chi connectivity index (χ2v) is 7.91. The Morgan fingerprint density at radius 2 is 1.62 bits per heavy atom. The smallest absolute Gasteiger partial charge is 0.0818 e. The van der Waals surface area contributed by atoms with Gasteiger partial charge in [0.15, 0.2) is 0 Å². The first-order valence-electron chi connectivity index (χ1n) is 8.68. The van der Waals surface area contributed by atoms with Crippen molar-refractivity contribution in [2.75, 3.05) is 0 Å². The molecule has 1 atom stereocenters. The highest BCUT2D eigenvalue weighted by Gasteiger charge is 2.32. The van der Waals surface area contributed by atoms with E-state index in [4.69, 9.17) is 0 Å². The summed E-state index contributed by atoms with van der Waals surface area (Å²) in [6, 6.07) is 8.63. The van der Waals surface area contributed by atoms with Gasteiger partial charge in [-0.1, -0.05) is 58.4 Å². The normalized spacial score (nSPS) is 24.8. The van der Waals surface area contributed by atoms with Gasteiger partial charge in [0.25, 0.3) is 0 Å². The molecule has 21 heavy (non-hydrogen) atoms. The molecule has 1 heteroatoms. The van der Waals surface area contributed by atoms with Crippen molar-refractivity contribution in [2.24, 2.45) is 17.3 Å². The Morgan fingerprint density at radius 3 is 2.10 bits per heavy atom. The number of aliphatic hydroxyl groups is 1. The average molecular weight is 288 g/mol. The standard InChI is InChI=1S/C20H32O/c1-5-6-15-7-9-16(10-8-15)19(21)17-11-13-18(14-12-17)20(2,3)4/h7-10,17-19,21H,5-6,11-14H2,1-4H3. The molecule has 0 radical (unpaired) electrons.